The molecule has 4 heteroatoms. The number of nitrogens with zero attached hydrogens (tertiary/aromatic N) is 2. The Morgan fingerprint density at radius 3 is 2.88 bits per heavy atom. The molecule has 0 aliphatic heterocycles. The molecule has 17 heavy (non-hydrogen) atoms. The maximum absolute atomic E-state index is 5.86. The van der Waals surface area contributed by atoms with Gasteiger partial charge in [0.25, 0.3) is 0 Å². The smallest absolute Gasteiger partial charge is 0.189 e. The van der Waals surface area contributed by atoms with Crippen LogP contribution in [0.3, 0.4) is 0 Å². The number of hydrogen-bond acceptors (Lipinski definition) is 2. The van der Waals surface area contributed by atoms with Crippen molar-refractivity contribution in [1.29, 1.82) is 0 Å². The number of hydrogen-bond donors (Lipinski definition) is 2. The van der Waals surface area contributed by atoms with Crippen molar-refractivity contribution in [2.24, 2.45) is 10.7 Å². The maximum atomic E-state index is 5.86. The van der Waals surface area contributed by atoms with Crippen LogP contribution in [-0.4, -0.2) is 17.0 Å². The van der Waals surface area contributed by atoms with Crippen LogP contribution in [0.1, 0.15) is 37.8 Å². The SMILES string of the molecule is NC(=NCc1ccccn1)NC1CCCCC1. The topological polar surface area (TPSA) is 63.3 Å². The minimum Gasteiger partial charge on any atom is -0.370 e. The third-order valence-electron chi connectivity index (χ3n) is 3.09. The summed E-state index contributed by atoms with van der Waals surface area (Å²) >= 11 is 0. The average molecular weight is 232 g/mol. The molecule has 2 rings (SSSR count). The lowest BCUT2D eigenvalue weighted by atomic mass is 9.96. The summed E-state index contributed by atoms with van der Waals surface area (Å²) in [5.74, 6) is 0.544. The van der Waals surface area contributed by atoms with Crippen molar-refractivity contribution < 1.29 is 0 Å². The molecule has 0 bridgehead atoms. The third kappa shape index (κ3) is 4.06. The van der Waals surface area contributed by atoms with Gasteiger partial charge in [-0.05, 0) is 25.0 Å². The van der Waals surface area contributed by atoms with E-state index in [0.29, 0.717) is 18.5 Å². The fourth-order valence-electron chi connectivity index (χ4n) is 2.16. The van der Waals surface area contributed by atoms with Gasteiger partial charge in [-0.1, -0.05) is 25.3 Å². The molecular formula is C13H20N4. The zero-order chi connectivity index (χ0) is 11.9. The summed E-state index contributed by atoms with van der Waals surface area (Å²) in [5, 5.41) is 3.29. The number of aromatic nitrogens is 1. The molecule has 0 amide bonds. The van der Waals surface area contributed by atoms with E-state index in [-0.39, 0.29) is 0 Å². The first-order chi connectivity index (χ1) is 8.34. The first-order valence-corrected chi connectivity index (χ1v) is 6.31. The second kappa shape index (κ2) is 6.23. The second-order valence-corrected chi connectivity index (χ2v) is 4.50. The molecule has 0 spiro atoms. The fourth-order valence-corrected chi connectivity index (χ4v) is 2.16. The van der Waals surface area contributed by atoms with Gasteiger partial charge in [-0.25, -0.2) is 4.99 Å². The van der Waals surface area contributed by atoms with E-state index >= 15 is 0 Å². The summed E-state index contributed by atoms with van der Waals surface area (Å²) < 4.78 is 0. The molecular weight excluding hydrogens is 212 g/mol. The molecule has 1 aliphatic rings. The molecule has 92 valence electrons. The first kappa shape index (κ1) is 11.9. The van der Waals surface area contributed by atoms with Crippen LogP contribution in [0.2, 0.25) is 0 Å². The minimum atomic E-state index is 0.510. The van der Waals surface area contributed by atoms with Crippen LogP contribution in [0, 0.1) is 0 Å². The van der Waals surface area contributed by atoms with E-state index in [2.05, 4.69) is 15.3 Å². The van der Waals surface area contributed by atoms with E-state index in [0.717, 1.165) is 5.69 Å². The number of aliphatic imine (C=N–C) groups is 1. The first-order valence-electron chi connectivity index (χ1n) is 6.31. The van der Waals surface area contributed by atoms with Gasteiger partial charge < -0.3 is 11.1 Å². The summed E-state index contributed by atoms with van der Waals surface area (Å²) in [6.45, 7) is 0.548. The molecule has 1 aromatic rings. The zero-order valence-electron chi connectivity index (χ0n) is 10.1. The largest absolute Gasteiger partial charge is 0.370 e. The Hall–Kier alpha value is -1.58. The van der Waals surface area contributed by atoms with Crippen LogP contribution in [0.5, 0.6) is 0 Å². The minimum absolute atomic E-state index is 0.510. The van der Waals surface area contributed by atoms with E-state index in [1.165, 1.54) is 32.1 Å². The molecule has 0 aromatic carbocycles. The highest BCUT2D eigenvalue weighted by Gasteiger charge is 2.13. The van der Waals surface area contributed by atoms with Gasteiger partial charge in [0.05, 0.1) is 12.2 Å². The number of nitrogens with two attached hydrogens (primary N) is 1. The van der Waals surface area contributed by atoms with Crippen molar-refractivity contribution in [3.05, 3.63) is 30.1 Å². The molecule has 0 radical (unpaired) electrons. The lowest BCUT2D eigenvalue weighted by Crippen LogP contribution is -2.41. The lowest BCUT2D eigenvalue weighted by molar-refractivity contribution is 0.412. The highest BCUT2D eigenvalue weighted by molar-refractivity contribution is 5.78. The molecule has 4 nitrogen and oxygen atoms in total. The Morgan fingerprint density at radius 2 is 2.18 bits per heavy atom. The van der Waals surface area contributed by atoms with Crippen molar-refractivity contribution in [1.82, 2.24) is 10.3 Å². The van der Waals surface area contributed by atoms with Crippen LogP contribution in [0.15, 0.2) is 29.4 Å². The maximum Gasteiger partial charge on any atom is 0.189 e. The van der Waals surface area contributed by atoms with Gasteiger partial charge in [-0.15, -0.1) is 0 Å². The Labute approximate surface area is 102 Å². The molecule has 1 aromatic heterocycles. The van der Waals surface area contributed by atoms with Gasteiger partial charge in [0, 0.05) is 12.2 Å². The molecule has 3 N–H and O–H groups in total. The van der Waals surface area contributed by atoms with Crippen molar-refractivity contribution in [3.63, 3.8) is 0 Å². The van der Waals surface area contributed by atoms with E-state index < -0.39 is 0 Å². The van der Waals surface area contributed by atoms with E-state index in [1.807, 2.05) is 18.2 Å². The Bertz CT molecular complexity index is 355. The monoisotopic (exact) mass is 232 g/mol. The van der Waals surface area contributed by atoms with Crippen LogP contribution >= 0.6 is 0 Å². The summed E-state index contributed by atoms with van der Waals surface area (Å²) in [7, 11) is 0. The van der Waals surface area contributed by atoms with Crippen molar-refractivity contribution >= 4 is 5.96 Å². The van der Waals surface area contributed by atoms with Crippen molar-refractivity contribution in [2.75, 3.05) is 0 Å². The van der Waals surface area contributed by atoms with Gasteiger partial charge in [0.15, 0.2) is 5.96 Å². The summed E-state index contributed by atoms with van der Waals surface area (Å²) in [6.07, 6.45) is 8.13. The number of guanidine groups is 1. The van der Waals surface area contributed by atoms with Gasteiger partial charge in [-0.2, -0.15) is 0 Å². The number of rotatable bonds is 3. The van der Waals surface area contributed by atoms with E-state index in [4.69, 9.17) is 5.73 Å². The molecule has 1 aliphatic carbocycles. The van der Waals surface area contributed by atoms with Crippen LogP contribution in [0.25, 0.3) is 0 Å². The van der Waals surface area contributed by atoms with Crippen LogP contribution in [-0.2, 0) is 6.54 Å². The molecule has 0 atom stereocenters. The van der Waals surface area contributed by atoms with Gasteiger partial charge >= 0.3 is 0 Å². The van der Waals surface area contributed by atoms with Gasteiger partial charge in [0.1, 0.15) is 0 Å². The van der Waals surface area contributed by atoms with Gasteiger partial charge in [-0.3, -0.25) is 4.98 Å². The van der Waals surface area contributed by atoms with E-state index in [1.54, 1.807) is 6.20 Å². The van der Waals surface area contributed by atoms with Crippen LogP contribution < -0.4 is 11.1 Å². The molecule has 1 saturated carbocycles. The second-order valence-electron chi connectivity index (χ2n) is 4.50. The molecule has 0 saturated heterocycles. The number of nitrogens with one attached hydrogen (secondary N) is 1. The lowest BCUT2D eigenvalue weighted by Gasteiger charge is -2.23. The standard InChI is InChI=1S/C13H20N4/c14-13(17-11-6-2-1-3-7-11)16-10-12-8-4-5-9-15-12/h4-5,8-9,11H,1-3,6-7,10H2,(H3,14,16,17). The summed E-state index contributed by atoms with van der Waals surface area (Å²) in [5.41, 5.74) is 6.81. The van der Waals surface area contributed by atoms with Crippen molar-refractivity contribution in [3.8, 4) is 0 Å². The number of pyridine rings is 1. The molecule has 1 heterocycles. The Morgan fingerprint density at radius 1 is 1.35 bits per heavy atom. The predicted octanol–water partition coefficient (Wildman–Crippen LogP) is 1.82. The van der Waals surface area contributed by atoms with Gasteiger partial charge in [0.2, 0.25) is 0 Å². The Kier molecular flexibility index (Phi) is 4.36. The fraction of sp³-hybridized carbons (Fsp3) is 0.538. The molecule has 1 fully saturated rings. The highest BCUT2D eigenvalue weighted by atomic mass is 15.1. The predicted molar refractivity (Wildman–Crippen MR) is 69.6 cm³/mol. The summed E-state index contributed by atoms with van der Waals surface area (Å²) in [6, 6.07) is 6.33. The van der Waals surface area contributed by atoms with Crippen molar-refractivity contribution in [2.45, 2.75) is 44.7 Å². The quantitative estimate of drug-likeness (QED) is 0.617. The summed E-state index contributed by atoms with van der Waals surface area (Å²) in [4.78, 5) is 8.52. The normalized spacial score (nSPS) is 18.0. The average Bonchev–Trinajstić information content (AvgIpc) is 2.39. The van der Waals surface area contributed by atoms with Crippen LogP contribution in [0.4, 0.5) is 0 Å². The molecule has 0 unspecified atom stereocenters. The highest BCUT2D eigenvalue weighted by Crippen LogP contribution is 2.16. The van der Waals surface area contributed by atoms with E-state index in [9.17, 15) is 0 Å². The third-order valence-corrected chi connectivity index (χ3v) is 3.09. The zero-order valence-corrected chi connectivity index (χ0v) is 10.1. The Balaban J connectivity index is 1.80.